The van der Waals surface area contributed by atoms with Crippen molar-refractivity contribution in [3.05, 3.63) is 197 Å². The van der Waals surface area contributed by atoms with Crippen molar-refractivity contribution in [2.24, 2.45) is 0 Å². The molecule has 10 rings (SSSR count). The average molecular weight is 683 g/mol. The van der Waals surface area contributed by atoms with Crippen LogP contribution in [0.25, 0.3) is 45.3 Å². The summed E-state index contributed by atoms with van der Waals surface area (Å²) < 4.78 is 2.55. The number of allylic oxidation sites excluding steroid dienone is 4. The van der Waals surface area contributed by atoms with Crippen molar-refractivity contribution < 1.29 is 0 Å². The molecule has 1 aromatic heterocycles. The summed E-state index contributed by atoms with van der Waals surface area (Å²) in [6.07, 6.45) is 16.0. The van der Waals surface area contributed by atoms with E-state index in [1.54, 1.807) is 0 Å². The van der Waals surface area contributed by atoms with Gasteiger partial charge < -0.3 is 9.47 Å². The van der Waals surface area contributed by atoms with E-state index < -0.39 is 0 Å². The maximum Gasteiger partial charge on any atom is 0.0560 e. The van der Waals surface area contributed by atoms with Crippen LogP contribution in [0.15, 0.2) is 170 Å². The Morgan fingerprint density at radius 3 is 2.08 bits per heavy atom. The number of aromatic nitrogens is 1. The van der Waals surface area contributed by atoms with Gasteiger partial charge in [0.2, 0.25) is 0 Å². The maximum absolute atomic E-state index is 2.55. The lowest BCUT2D eigenvalue weighted by atomic mass is 9.82. The average Bonchev–Trinajstić information content (AvgIpc) is 3.67. The monoisotopic (exact) mass is 682 g/mol. The molecule has 0 spiro atoms. The predicted molar refractivity (Wildman–Crippen MR) is 224 cm³/mol. The molecule has 3 aliphatic rings. The van der Waals surface area contributed by atoms with E-state index in [-0.39, 0.29) is 5.41 Å². The fraction of sp³-hybridized carbons (Fsp3) is 0.137. The Labute approximate surface area is 312 Å². The van der Waals surface area contributed by atoms with Crippen LogP contribution in [0.3, 0.4) is 0 Å². The molecule has 0 saturated carbocycles. The number of hydrogen-bond acceptors (Lipinski definition) is 1. The van der Waals surface area contributed by atoms with E-state index in [4.69, 9.17) is 0 Å². The standard InChI is InChI=1S/C51H42N2/c1-51(2)47-19-11-9-17-43(47)44-31-30-42(34-48(44)51)52(40-26-21-36(22-27-40)35-13-5-3-6-14-35)41-28-23-37(24-29-41)38-25-32-50-46(33-38)45-18-10-12-20-49(45)53(50)39-15-7-4-8-16-39/h3-15,17-24,26-34,38-39H,16,25H2,1-2H3. The van der Waals surface area contributed by atoms with Gasteiger partial charge in [-0.05, 0) is 94.3 Å². The minimum absolute atomic E-state index is 0.0755. The number of rotatable bonds is 6. The lowest BCUT2D eigenvalue weighted by Crippen LogP contribution is -2.34. The van der Waals surface area contributed by atoms with Crippen molar-refractivity contribution in [2.45, 2.75) is 44.1 Å². The minimum atomic E-state index is -0.0755. The molecule has 0 fully saturated rings. The molecule has 0 saturated heterocycles. The van der Waals surface area contributed by atoms with Crippen molar-refractivity contribution in [1.29, 1.82) is 0 Å². The summed E-state index contributed by atoms with van der Waals surface area (Å²) in [5, 5.41) is 4.07. The highest BCUT2D eigenvalue weighted by Crippen LogP contribution is 2.50. The third kappa shape index (κ3) is 5.24. The molecule has 2 nitrogen and oxygen atoms in total. The minimum Gasteiger partial charge on any atom is -0.333 e. The van der Waals surface area contributed by atoms with Gasteiger partial charge in [-0.2, -0.15) is 0 Å². The highest BCUT2D eigenvalue weighted by atomic mass is 15.1. The van der Waals surface area contributed by atoms with Gasteiger partial charge in [0.05, 0.1) is 6.04 Å². The number of nitrogens with zero attached hydrogens (tertiary/aromatic N) is 2. The van der Waals surface area contributed by atoms with E-state index in [1.807, 2.05) is 0 Å². The number of anilines is 3. The van der Waals surface area contributed by atoms with Gasteiger partial charge in [-0.3, -0.25) is 0 Å². The molecule has 0 aliphatic heterocycles. The van der Waals surface area contributed by atoms with Crippen LogP contribution in [0.1, 0.15) is 55.3 Å². The van der Waals surface area contributed by atoms with Crippen LogP contribution in [0.5, 0.6) is 0 Å². The second-order valence-electron chi connectivity index (χ2n) is 15.3. The predicted octanol–water partition coefficient (Wildman–Crippen LogP) is 11.9. The van der Waals surface area contributed by atoms with E-state index in [2.05, 4.69) is 205 Å². The summed E-state index contributed by atoms with van der Waals surface area (Å²) >= 11 is 0. The number of para-hydroxylation sites is 1. The van der Waals surface area contributed by atoms with Crippen molar-refractivity contribution in [2.75, 3.05) is 4.90 Å². The van der Waals surface area contributed by atoms with Gasteiger partial charge in [0, 0.05) is 49.9 Å². The molecule has 0 radical (unpaired) electrons. The summed E-state index contributed by atoms with van der Waals surface area (Å²) in [6, 6.07) is 54.2. The van der Waals surface area contributed by atoms with Gasteiger partial charge >= 0.3 is 0 Å². The number of hydrogen-bond donors (Lipinski definition) is 0. The zero-order chi connectivity index (χ0) is 35.5. The number of benzene rings is 6. The SMILES string of the molecule is CC1(C)c2ccccc2-c2ccc(N(c3ccc(-c4ccccc4)cc3)c3ccc(C4C=c5c(n(C6C=CC=CC6)c6ccccc56)=CC4)cc3)cc21. The first-order valence-electron chi connectivity index (χ1n) is 19.0. The topological polar surface area (TPSA) is 8.17 Å². The van der Waals surface area contributed by atoms with Crippen LogP contribution in [0.2, 0.25) is 0 Å². The Kier molecular flexibility index (Phi) is 7.47. The largest absolute Gasteiger partial charge is 0.333 e. The highest BCUT2D eigenvalue weighted by molar-refractivity contribution is 5.86. The van der Waals surface area contributed by atoms with E-state index in [1.165, 1.54) is 66.1 Å². The van der Waals surface area contributed by atoms with Crippen LogP contribution < -0.4 is 15.5 Å². The molecular weight excluding hydrogens is 641 g/mol. The van der Waals surface area contributed by atoms with Crippen molar-refractivity contribution in [3.8, 4) is 22.3 Å². The summed E-state index contributed by atoms with van der Waals surface area (Å²) in [6.45, 7) is 4.72. The quantitative estimate of drug-likeness (QED) is 0.169. The molecule has 256 valence electrons. The fourth-order valence-electron chi connectivity index (χ4n) is 9.13. The van der Waals surface area contributed by atoms with Gasteiger partial charge in [0.1, 0.15) is 0 Å². The Bertz CT molecular complexity index is 2690. The molecule has 2 heteroatoms. The van der Waals surface area contributed by atoms with E-state index >= 15 is 0 Å². The third-order valence-electron chi connectivity index (χ3n) is 11.8. The van der Waals surface area contributed by atoms with E-state index in [9.17, 15) is 0 Å². The first kappa shape index (κ1) is 31.6. The molecule has 0 amide bonds. The van der Waals surface area contributed by atoms with Crippen molar-refractivity contribution in [1.82, 2.24) is 4.57 Å². The Morgan fingerprint density at radius 1 is 0.604 bits per heavy atom. The van der Waals surface area contributed by atoms with Gasteiger partial charge in [0.15, 0.2) is 0 Å². The zero-order valence-electron chi connectivity index (χ0n) is 30.3. The summed E-state index contributed by atoms with van der Waals surface area (Å²) in [5.74, 6) is 0.315. The molecule has 2 atom stereocenters. The Balaban J connectivity index is 1.04. The molecule has 7 aromatic rings. The number of fused-ring (bicyclic) bond motifs is 6. The summed E-state index contributed by atoms with van der Waals surface area (Å²) in [4.78, 5) is 2.42. The molecular formula is C51H42N2. The highest BCUT2D eigenvalue weighted by Gasteiger charge is 2.35. The van der Waals surface area contributed by atoms with Crippen LogP contribution in [-0.4, -0.2) is 4.57 Å². The lowest BCUT2D eigenvalue weighted by molar-refractivity contribution is 0.611. The first-order valence-corrected chi connectivity index (χ1v) is 19.0. The summed E-state index contributed by atoms with van der Waals surface area (Å²) in [7, 11) is 0. The third-order valence-corrected chi connectivity index (χ3v) is 11.8. The maximum atomic E-state index is 2.55. The van der Waals surface area contributed by atoms with Gasteiger partial charge in [-0.1, -0.05) is 153 Å². The van der Waals surface area contributed by atoms with Gasteiger partial charge in [0.25, 0.3) is 0 Å². The Morgan fingerprint density at radius 2 is 1.28 bits per heavy atom. The lowest BCUT2D eigenvalue weighted by Gasteiger charge is -2.28. The van der Waals surface area contributed by atoms with Crippen LogP contribution >= 0.6 is 0 Å². The molecule has 2 unspecified atom stereocenters. The van der Waals surface area contributed by atoms with Crippen molar-refractivity contribution in [3.63, 3.8) is 0 Å². The Hall–Kier alpha value is -6.12. The molecule has 0 N–H and O–H groups in total. The first-order chi connectivity index (χ1) is 26.0. The van der Waals surface area contributed by atoms with Gasteiger partial charge in [-0.15, -0.1) is 0 Å². The van der Waals surface area contributed by atoms with Gasteiger partial charge in [-0.25, -0.2) is 0 Å². The van der Waals surface area contributed by atoms with E-state index in [0.717, 1.165) is 24.2 Å². The normalized spacial score (nSPS) is 17.8. The van der Waals surface area contributed by atoms with Crippen molar-refractivity contribution >= 4 is 40.1 Å². The second kappa shape index (κ2) is 12.5. The molecule has 53 heavy (non-hydrogen) atoms. The molecule has 3 aliphatic carbocycles. The van der Waals surface area contributed by atoms with E-state index in [0.29, 0.717) is 12.0 Å². The molecule has 0 bridgehead atoms. The molecule has 6 aromatic carbocycles. The summed E-state index contributed by atoms with van der Waals surface area (Å²) in [5.41, 5.74) is 14.0. The smallest absolute Gasteiger partial charge is 0.0560 e. The van der Waals surface area contributed by atoms with Crippen LogP contribution in [0, 0.1) is 0 Å². The second-order valence-corrected chi connectivity index (χ2v) is 15.3. The van der Waals surface area contributed by atoms with Crippen LogP contribution in [-0.2, 0) is 5.41 Å². The zero-order valence-corrected chi connectivity index (χ0v) is 30.3. The molecule has 1 heterocycles. The fourth-order valence-corrected chi connectivity index (χ4v) is 9.13. The van der Waals surface area contributed by atoms with Crippen LogP contribution in [0.4, 0.5) is 17.1 Å².